The van der Waals surface area contributed by atoms with Gasteiger partial charge in [0.2, 0.25) is 5.95 Å². The van der Waals surface area contributed by atoms with E-state index in [1.165, 1.54) is 10.9 Å². The number of nitrogens with zero attached hydrogens (tertiary/aromatic N) is 6. The Labute approximate surface area is 216 Å². The van der Waals surface area contributed by atoms with Crippen LogP contribution in [0.1, 0.15) is 57.5 Å². The molecule has 3 aromatic rings. The highest BCUT2D eigenvalue weighted by Crippen LogP contribution is 2.33. The molecule has 11 heteroatoms. The minimum absolute atomic E-state index is 0.00431. The van der Waals surface area contributed by atoms with E-state index in [9.17, 15) is 9.59 Å². The molecule has 37 heavy (non-hydrogen) atoms. The van der Waals surface area contributed by atoms with Crippen molar-refractivity contribution in [2.24, 2.45) is 22.1 Å². The number of carbonyl (C=O) groups excluding carboxylic acids is 2. The Bertz CT molecular complexity index is 1280. The van der Waals surface area contributed by atoms with E-state index in [1.54, 1.807) is 45.6 Å². The lowest BCUT2D eigenvalue weighted by molar-refractivity contribution is -0.154. The predicted octanol–water partition coefficient (Wildman–Crippen LogP) is 3.02. The summed E-state index contributed by atoms with van der Waals surface area (Å²) in [6.45, 7) is 11.8. The molecule has 11 nitrogen and oxygen atoms in total. The quantitative estimate of drug-likeness (QED) is 0.252. The molecule has 0 bridgehead atoms. The molecule has 3 rings (SSSR count). The Balaban J connectivity index is 1.83. The number of aromatic nitrogens is 5. The normalized spacial score (nSPS) is 13.9. The van der Waals surface area contributed by atoms with E-state index < -0.39 is 16.7 Å². The second kappa shape index (κ2) is 10.9. The third kappa shape index (κ3) is 5.99. The summed E-state index contributed by atoms with van der Waals surface area (Å²) in [5, 5.41) is 4.22. The second-order valence-electron chi connectivity index (χ2n) is 9.95. The summed E-state index contributed by atoms with van der Waals surface area (Å²) in [7, 11) is 0. The molecule has 0 aliphatic rings. The van der Waals surface area contributed by atoms with Gasteiger partial charge in [-0.3, -0.25) is 19.3 Å². The van der Waals surface area contributed by atoms with Crippen molar-refractivity contribution in [3.8, 4) is 11.3 Å². The van der Waals surface area contributed by atoms with Crippen LogP contribution in [0.2, 0.25) is 0 Å². The highest BCUT2D eigenvalue weighted by atomic mass is 16.5. The minimum atomic E-state index is -0.807. The maximum atomic E-state index is 13.0. The molecule has 0 saturated heterocycles. The van der Waals surface area contributed by atoms with Crippen molar-refractivity contribution in [1.29, 1.82) is 0 Å². The van der Waals surface area contributed by atoms with Crippen molar-refractivity contribution in [3.63, 3.8) is 0 Å². The summed E-state index contributed by atoms with van der Waals surface area (Å²) in [5.74, 6) is -0.498. The zero-order valence-electron chi connectivity index (χ0n) is 22.1. The lowest BCUT2D eigenvalue weighted by Gasteiger charge is -2.33. The maximum Gasteiger partial charge on any atom is 0.313 e. The van der Waals surface area contributed by atoms with Crippen LogP contribution in [0, 0.1) is 11.3 Å². The maximum absolute atomic E-state index is 13.0. The number of aliphatic imine (C=N–C) groups is 1. The van der Waals surface area contributed by atoms with Gasteiger partial charge in [-0.05, 0) is 45.2 Å². The Kier molecular flexibility index (Phi) is 8.05. The standard InChI is InChI=1S/C26H34N8O3/c1-7-37-23(36)25(4,5)15-34-14-18(12-32-34)21(35)33-22(27)26(6,16(2)3)19-8-9-20(29-13-19)17-10-30-24(28)31-11-17/h8-14,16H,7,15H2,1-6H3,(H2,27,33,35)(H2,28,30,31). The molecule has 0 aliphatic carbocycles. The fourth-order valence-corrected chi connectivity index (χ4v) is 3.77. The zero-order chi connectivity index (χ0) is 27.4. The minimum Gasteiger partial charge on any atom is -0.466 e. The first-order chi connectivity index (χ1) is 17.4. The van der Waals surface area contributed by atoms with E-state index in [-0.39, 0.29) is 35.8 Å². The molecule has 3 heterocycles. The SMILES string of the molecule is CCOC(=O)C(C)(C)Cn1cc(C(=O)N=C(N)C(C)(c2ccc(-c3cnc(N)nc3)nc2)C(C)C)cn1. The molecule has 0 saturated carbocycles. The molecule has 4 N–H and O–H groups in total. The van der Waals surface area contributed by atoms with E-state index in [0.717, 1.165) is 11.1 Å². The number of ether oxygens (including phenoxy) is 1. The summed E-state index contributed by atoms with van der Waals surface area (Å²) in [6.07, 6.45) is 7.90. The number of nitrogen functional groups attached to an aromatic ring is 1. The Morgan fingerprint density at radius 3 is 2.32 bits per heavy atom. The number of hydrogen-bond acceptors (Lipinski definition) is 8. The lowest BCUT2D eigenvalue weighted by Crippen LogP contribution is -2.43. The third-order valence-corrected chi connectivity index (χ3v) is 6.51. The number of carbonyl (C=O) groups is 2. The molecule has 0 aliphatic heterocycles. The molecular weight excluding hydrogens is 472 g/mol. The Morgan fingerprint density at radius 2 is 1.76 bits per heavy atom. The summed E-state index contributed by atoms with van der Waals surface area (Å²) in [4.78, 5) is 42.0. The van der Waals surface area contributed by atoms with Crippen molar-refractivity contribution in [3.05, 3.63) is 54.2 Å². The average molecular weight is 507 g/mol. The number of esters is 1. The molecule has 196 valence electrons. The first kappa shape index (κ1) is 27.4. The number of amides is 1. The van der Waals surface area contributed by atoms with Gasteiger partial charge in [0.25, 0.3) is 5.91 Å². The monoisotopic (exact) mass is 506 g/mol. The predicted molar refractivity (Wildman–Crippen MR) is 140 cm³/mol. The third-order valence-electron chi connectivity index (χ3n) is 6.51. The van der Waals surface area contributed by atoms with Gasteiger partial charge in [0.15, 0.2) is 0 Å². The summed E-state index contributed by atoms with van der Waals surface area (Å²) in [5.41, 5.74) is 12.9. The largest absolute Gasteiger partial charge is 0.466 e. The fraction of sp³-hybridized carbons (Fsp3) is 0.423. The molecular formula is C26H34N8O3. The van der Waals surface area contributed by atoms with E-state index in [2.05, 4.69) is 25.0 Å². The molecule has 0 fully saturated rings. The molecule has 0 spiro atoms. The highest BCUT2D eigenvalue weighted by molar-refractivity contribution is 6.05. The van der Waals surface area contributed by atoms with Gasteiger partial charge >= 0.3 is 5.97 Å². The van der Waals surface area contributed by atoms with Crippen LogP contribution in [0.25, 0.3) is 11.3 Å². The van der Waals surface area contributed by atoms with Gasteiger partial charge in [-0.15, -0.1) is 0 Å². The number of rotatable bonds is 9. The first-order valence-electron chi connectivity index (χ1n) is 12.0. The number of hydrogen-bond donors (Lipinski definition) is 2. The second-order valence-corrected chi connectivity index (χ2v) is 9.95. The molecule has 1 amide bonds. The fourth-order valence-electron chi connectivity index (χ4n) is 3.77. The lowest BCUT2D eigenvalue weighted by atomic mass is 9.73. The van der Waals surface area contributed by atoms with Crippen molar-refractivity contribution in [1.82, 2.24) is 24.7 Å². The van der Waals surface area contributed by atoms with Crippen LogP contribution in [0.4, 0.5) is 5.95 Å². The molecule has 0 radical (unpaired) electrons. The summed E-state index contributed by atoms with van der Waals surface area (Å²) < 4.78 is 6.65. The molecule has 1 atom stereocenters. The van der Waals surface area contributed by atoms with E-state index in [0.29, 0.717) is 12.3 Å². The number of amidine groups is 1. The van der Waals surface area contributed by atoms with Gasteiger partial charge in [0, 0.05) is 30.4 Å². The van der Waals surface area contributed by atoms with Crippen LogP contribution >= 0.6 is 0 Å². The topological polar surface area (TPSA) is 164 Å². The zero-order valence-corrected chi connectivity index (χ0v) is 22.1. The van der Waals surface area contributed by atoms with Crippen LogP contribution in [0.3, 0.4) is 0 Å². The van der Waals surface area contributed by atoms with Crippen LogP contribution in [-0.4, -0.2) is 49.1 Å². The van der Waals surface area contributed by atoms with Crippen LogP contribution in [-0.2, 0) is 21.5 Å². The van der Waals surface area contributed by atoms with Gasteiger partial charge in [0.05, 0.1) is 41.4 Å². The average Bonchev–Trinajstić information content (AvgIpc) is 3.32. The molecule has 3 aromatic heterocycles. The summed E-state index contributed by atoms with van der Waals surface area (Å²) in [6, 6.07) is 3.75. The highest BCUT2D eigenvalue weighted by Gasteiger charge is 2.36. The van der Waals surface area contributed by atoms with Gasteiger partial charge in [0.1, 0.15) is 5.84 Å². The van der Waals surface area contributed by atoms with Gasteiger partial charge in [-0.1, -0.05) is 19.9 Å². The van der Waals surface area contributed by atoms with Crippen LogP contribution in [0.5, 0.6) is 0 Å². The van der Waals surface area contributed by atoms with Crippen molar-refractivity contribution < 1.29 is 14.3 Å². The van der Waals surface area contributed by atoms with Gasteiger partial charge in [-0.25, -0.2) is 9.97 Å². The van der Waals surface area contributed by atoms with E-state index >= 15 is 0 Å². The van der Waals surface area contributed by atoms with Gasteiger partial charge in [-0.2, -0.15) is 10.1 Å². The first-order valence-corrected chi connectivity index (χ1v) is 12.0. The number of nitrogens with two attached hydrogens (primary N) is 2. The van der Waals surface area contributed by atoms with Crippen molar-refractivity contribution in [2.45, 2.75) is 53.5 Å². The van der Waals surface area contributed by atoms with Crippen molar-refractivity contribution >= 4 is 23.7 Å². The molecule has 0 aromatic carbocycles. The summed E-state index contributed by atoms with van der Waals surface area (Å²) >= 11 is 0. The van der Waals surface area contributed by atoms with E-state index in [1.807, 2.05) is 32.9 Å². The number of pyridine rings is 1. The Hall–Kier alpha value is -4.15. The molecule has 1 unspecified atom stereocenters. The number of anilines is 1. The van der Waals surface area contributed by atoms with Crippen LogP contribution < -0.4 is 11.5 Å². The van der Waals surface area contributed by atoms with Crippen LogP contribution in [0.15, 0.2) is 48.1 Å². The van der Waals surface area contributed by atoms with Gasteiger partial charge < -0.3 is 16.2 Å². The smallest absolute Gasteiger partial charge is 0.313 e. The van der Waals surface area contributed by atoms with E-state index in [4.69, 9.17) is 16.2 Å². The van der Waals surface area contributed by atoms with Crippen molar-refractivity contribution in [2.75, 3.05) is 12.3 Å². The Morgan fingerprint density at radius 1 is 1.08 bits per heavy atom.